The number of hydrogen-bond donors (Lipinski definition) is 2. The Morgan fingerprint density at radius 3 is 2.58 bits per heavy atom. The smallest absolute Gasteiger partial charge is 0.220 e. The van der Waals surface area contributed by atoms with Gasteiger partial charge in [0.1, 0.15) is 5.82 Å². The van der Waals surface area contributed by atoms with Crippen molar-refractivity contribution in [1.82, 2.24) is 10.3 Å². The molecule has 0 saturated carbocycles. The molecule has 0 saturated heterocycles. The van der Waals surface area contributed by atoms with Crippen molar-refractivity contribution >= 4 is 22.6 Å². The molecule has 0 aliphatic carbocycles. The molecule has 0 atom stereocenters. The topological polar surface area (TPSA) is 62.0 Å². The van der Waals surface area contributed by atoms with Crippen LogP contribution in [0.3, 0.4) is 0 Å². The Kier molecular flexibility index (Phi) is 5.79. The van der Waals surface area contributed by atoms with Gasteiger partial charge in [-0.25, -0.2) is 4.39 Å². The zero-order valence-corrected chi connectivity index (χ0v) is 14.4. The molecular weight excluding hydrogens is 331 g/mol. The normalized spacial score (nSPS) is 10.8. The summed E-state index contributed by atoms with van der Waals surface area (Å²) in [6.07, 6.45) is 3.79. The van der Waals surface area contributed by atoms with Crippen LogP contribution in [-0.4, -0.2) is 23.2 Å². The van der Waals surface area contributed by atoms with Crippen molar-refractivity contribution < 1.29 is 14.0 Å². The van der Waals surface area contributed by atoms with Crippen molar-refractivity contribution in [2.75, 3.05) is 6.54 Å². The number of H-pyrrole nitrogens is 1. The van der Waals surface area contributed by atoms with Crippen LogP contribution in [0, 0.1) is 5.82 Å². The highest BCUT2D eigenvalue weighted by atomic mass is 19.1. The summed E-state index contributed by atoms with van der Waals surface area (Å²) in [5.74, 6) is -0.496. The molecule has 1 heterocycles. The molecule has 0 spiro atoms. The number of benzene rings is 2. The minimum atomic E-state index is -0.365. The molecule has 2 aromatic carbocycles. The molecule has 0 aliphatic rings. The van der Waals surface area contributed by atoms with Crippen LogP contribution in [0.1, 0.15) is 35.2 Å². The Morgan fingerprint density at radius 1 is 1.00 bits per heavy atom. The van der Waals surface area contributed by atoms with Gasteiger partial charge < -0.3 is 10.3 Å². The van der Waals surface area contributed by atoms with Crippen molar-refractivity contribution in [3.8, 4) is 0 Å². The molecule has 3 aromatic rings. The number of rotatable bonds is 8. The lowest BCUT2D eigenvalue weighted by Gasteiger charge is -2.05. The number of para-hydroxylation sites is 1. The fourth-order valence-corrected chi connectivity index (χ4v) is 2.95. The summed E-state index contributed by atoms with van der Waals surface area (Å²) in [6, 6.07) is 13.5. The lowest BCUT2D eigenvalue weighted by atomic mass is 10.1. The van der Waals surface area contributed by atoms with E-state index in [-0.39, 0.29) is 23.9 Å². The monoisotopic (exact) mass is 352 g/mol. The first kappa shape index (κ1) is 17.9. The number of nitrogens with one attached hydrogen (secondary N) is 2. The Labute approximate surface area is 151 Å². The summed E-state index contributed by atoms with van der Waals surface area (Å²) in [6.45, 7) is 0.562. The van der Waals surface area contributed by atoms with E-state index in [4.69, 9.17) is 0 Å². The van der Waals surface area contributed by atoms with Crippen molar-refractivity contribution in [3.05, 3.63) is 71.7 Å². The molecular formula is C21H21FN2O2. The van der Waals surface area contributed by atoms with Gasteiger partial charge in [0.2, 0.25) is 5.91 Å². The van der Waals surface area contributed by atoms with Crippen molar-refractivity contribution in [2.45, 2.75) is 25.7 Å². The first-order valence-corrected chi connectivity index (χ1v) is 8.74. The van der Waals surface area contributed by atoms with Crippen LogP contribution in [0.5, 0.6) is 0 Å². The third-order valence-corrected chi connectivity index (χ3v) is 4.37. The predicted molar refractivity (Wildman–Crippen MR) is 99.6 cm³/mol. The molecule has 0 fully saturated rings. The third kappa shape index (κ3) is 4.57. The largest absolute Gasteiger partial charge is 0.361 e. The summed E-state index contributed by atoms with van der Waals surface area (Å²) in [5.41, 5.74) is 2.74. The summed E-state index contributed by atoms with van der Waals surface area (Å²) >= 11 is 0. The van der Waals surface area contributed by atoms with Crippen LogP contribution in [0.15, 0.2) is 54.7 Å². The van der Waals surface area contributed by atoms with E-state index in [1.165, 1.54) is 35.2 Å². The Hall–Kier alpha value is -2.95. The highest BCUT2D eigenvalue weighted by molar-refractivity contribution is 5.96. The van der Waals surface area contributed by atoms with Crippen LogP contribution < -0.4 is 5.32 Å². The number of hydrogen-bond acceptors (Lipinski definition) is 2. The van der Waals surface area contributed by atoms with E-state index in [2.05, 4.69) is 16.4 Å². The minimum absolute atomic E-state index is 0.0586. The number of Topliss-reactive ketones (excluding diaryl/α,β-unsaturated/α-hetero) is 1. The van der Waals surface area contributed by atoms with Gasteiger partial charge >= 0.3 is 0 Å². The van der Waals surface area contributed by atoms with E-state index in [0.29, 0.717) is 24.9 Å². The Balaban J connectivity index is 1.38. The SMILES string of the molecule is O=C(CCCC(=O)c1ccc(F)cc1)NCCc1c[nH]c2ccccc12. The van der Waals surface area contributed by atoms with Crippen LogP contribution in [-0.2, 0) is 11.2 Å². The summed E-state index contributed by atoms with van der Waals surface area (Å²) in [7, 11) is 0. The number of carbonyl (C=O) groups excluding carboxylic acids is 2. The third-order valence-electron chi connectivity index (χ3n) is 4.37. The second-order valence-corrected chi connectivity index (χ2v) is 6.24. The lowest BCUT2D eigenvalue weighted by molar-refractivity contribution is -0.121. The average molecular weight is 352 g/mol. The van der Waals surface area contributed by atoms with Crippen LogP contribution >= 0.6 is 0 Å². The maximum atomic E-state index is 12.8. The number of halogens is 1. The molecule has 2 N–H and O–H groups in total. The second-order valence-electron chi connectivity index (χ2n) is 6.24. The maximum Gasteiger partial charge on any atom is 0.220 e. The molecule has 0 aliphatic heterocycles. The van der Waals surface area contributed by atoms with E-state index in [1.54, 1.807) is 0 Å². The molecule has 0 bridgehead atoms. The molecule has 0 radical (unpaired) electrons. The van der Waals surface area contributed by atoms with Gasteiger partial charge in [-0.3, -0.25) is 9.59 Å². The molecule has 1 aromatic heterocycles. The molecule has 0 unspecified atom stereocenters. The Morgan fingerprint density at radius 2 is 1.77 bits per heavy atom. The van der Waals surface area contributed by atoms with Gasteiger partial charge in [0.05, 0.1) is 0 Å². The molecule has 1 amide bonds. The number of ketones is 1. The highest BCUT2D eigenvalue weighted by Crippen LogP contribution is 2.17. The quantitative estimate of drug-likeness (QED) is 0.602. The highest BCUT2D eigenvalue weighted by Gasteiger charge is 2.08. The van der Waals surface area contributed by atoms with Gasteiger partial charge in [-0.1, -0.05) is 18.2 Å². The lowest BCUT2D eigenvalue weighted by Crippen LogP contribution is -2.25. The minimum Gasteiger partial charge on any atom is -0.361 e. The maximum absolute atomic E-state index is 12.8. The summed E-state index contributed by atoms with van der Waals surface area (Å²) in [4.78, 5) is 27.1. The van der Waals surface area contributed by atoms with E-state index in [9.17, 15) is 14.0 Å². The number of fused-ring (bicyclic) bond motifs is 1. The number of aromatic amines is 1. The molecule has 4 nitrogen and oxygen atoms in total. The van der Waals surface area contributed by atoms with E-state index >= 15 is 0 Å². The predicted octanol–water partition coefficient (Wildman–Crippen LogP) is 4.02. The summed E-state index contributed by atoms with van der Waals surface area (Å²) < 4.78 is 12.8. The second kappa shape index (κ2) is 8.43. The van der Waals surface area contributed by atoms with Gasteiger partial charge in [-0.15, -0.1) is 0 Å². The number of carbonyl (C=O) groups is 2. The standard InChI is InChI=1S/C21H21FN2O2/c22-17-10-8-15(9-11-17)20(25)6-3-7-21(26)23-13-12-16-14-24-19-5-2-1-4-18(16)19/h1-2,4-5,8-11,14,24H,3,6-7,12-13H2,(H,23,26). The van der Waals surface area contributed by atoms with Crippen LogP contribution in [0.4, 0.5) is 4.39 Å². The number of aromatic nitrogens is 1. The van der Waals surface area contributed by atoms with Crippen molar-refractivity contribution in [3.63, 3.8) is 0 Å². The van der Waals surface area contributed by atoms with Gasteiger partial charge in [-0.05, 0) is 48.7 Å². The average Bonchev–Trinajstić information content (AvgIpc) is 3.05. The first-order valence-electron chi connectivity index (χ1n) is 8.74. The van der Waals surface area contributed by atoms with Crippen molar-refractivity contribution in [1.29, 1.82) is 0 Å². The van der Waals surface area contributed by atoms with E-state index in [0.717, 1.165) is 11.9 Å². The molecule has 134 valence electrons. The first-order chi connectivity index (χ1) is 12.6. The van der Waals surface area contributed by atoms with Gasteiger partial charge in [0.25, 0.3) is 0 Å². The van der Waals surface area contributed by atoms with Crippen LogP contribution in [0.25, 0.3) is 10.9 Å². The zero-order chi connectivity index (χ0) is 18.4. The van der Waals surface area contributed by atoms with Gasteiger partial charge in [-0.2, -0.15) is 0 Å². The van der Waals surface area contributed by atoms with Crippen molar-refractivity contribution in [2.24, 2.45) is 0 Å². The zero-order valence-electron chi connectivity index (χ0n) is 14.4. The molecule has 3 rings (SSSR count). The van der Waals surface area contributed by atoms with Gasteiger partial charge in [0, 0.05) is 42.0 Å². The summed E-state index contributed by atoms with van der Waals surface area (Å²) in [5, 5.41) is 4.07. The fourth-order valence-electron chi connectivity index (χ4n) is 2.95. The molecule has 5 heteroatoms. The number of amides is 1. The van der Waals surface area contributed by atoms with E-state index in [1.807, 2.05) is 24.4 Å². The molecule has 26 heavy (non-hydrogen) atoms. The Bertz CT molecular complexity index is 900. The fraction of sp³-hybridized carbons (Fsp3) is 0.238. The van der Waals surface area contributed by atoms with Gasteiger partial charge in [0.15, 0.2) is 5.78 Å². The van der Waals surface area contributed by atoms with E-state index < -0.39 is 0 Å². The van der Waals surface area contributed by atoms with Crippen LogP contribution in [0.2, 0.25) is 0 Å².